The molecule has 0 unspecified atom stereocenters. The number of benzene rings is 1. The molecule has 0 radical (unpaired) electrons. The minimum absolute atomic E-state index is 0.0347. The number of hydrogen-bond acceptors (Lipinski definition) is 5. The molecule has 0 aliphatic heterocycles. The van der Waals surface area contributed by atoms with Crippen molar-refractivity contribution in [3.05, 3.63) is 35.9 Å². The van der Waals surface area contributed by atoms with Crippen molar-refractivity contribution in [2.75, 3.05) is 0 Å². The lowest BCUT2D eigenvalue weighted by Gasteiger charge is -2.03. The Bertz CT molecular complexity index is 733. The Morgan fingerprint density at radius 1 is 1.32 bits per heavy atom. The van der Waals surface area contributed by atoms with E-state index >= 15 is 0 Å². The maximum atomic E-state index is 11.1. The molecule has 0 bridgehead atoms. The summed E-state index contributed by atoms with van der Waals surface area (Å²) in [5.41, 5.74) is 0.491. The summed E-state index contributed by atoms with van der Waals surface area (Å²) >= 11 is 0. The summed E-state index contributed by atoms with van der Waals surface area (Å²) in [6.07, 6.45) is 0. The van der Waals surface area contributed by atoms with Gasteiger partial charge in [0.15, 0.2) is 0 Å². The molecule has 0 fully saturated rings. The van der Waals surface area contributed by atoms with Crippen molar-refractivity contribution in [3.8, 4) is 5.69 Å². The third-order valence-corrected chi connectivity index (χ3v) is 3.30. The van der Waals surface area contributed by atoms with Crippen LogP contribution in [0.4, 0.5) is 0 Å². The number of carboxylic acids is 1. The van der Waals surface area contributed by atoms with Crippen molar-refractivity contribution >= 4 is 16.0 Å². The van der Waals surface area contributed by atoms with Crippen molar-refractivity contribution in [2.45, 2.75) is 11.8 Å². The van der Waals surface area contributed by atoms with Crippen LogP contribution in [0, 0.1) is 6.92 Å². The minimum Gasteiger partial charge on any atom is -0.475 e. The number of sulfonamides is 1. The summed E-state index contributed by atoms with van der Waals surface area (Å²) in [6.45, 7) is 1.59. The highest BCUT2D eigenvalue weighted by Gasteiger charge is 2.14. The molecule has 0 atom stereocenters. The third-order valence-electron chi connectivity index (χ3n) is 2.37. The van der Waals surface area contributed by atoms with E-state index in [0.717, 1.165) is 0 Å². The van der Waals surface area contributed by atoms with Gasteiger partial charge in [-0.1, -0.05) is 0 Å². The lowest BCUT2D eigenvalue weighted by molar-refractivity contribution is 0.0683. The molecule has 0 saturated heterocycles. The third kappa shape index (κ3) is 2.61. The zero-order chi connectivity index (χ0) is 14.2. The SMILES string of the molecule is Cc1nc(C(=O)O)nn1-c1ccc(S(N)(=O)=O)cc1. The van der Waals surface area contributed by atoms with E-state index in [2.05, 4.69) is 10.1 Å². The van der Waals surface area contributed by atoms with Gasteiger partial charge in [0, 0.05) is 0 Å². The second kappa shape index (κ2) is 4.44. The number of nitrogens with zero attached hydrogens (tertiary/aromatic N) is 3. The Morgan fingerprint density at radius 2 is 1.89 bits per heavy atom. The van der Waals surface area contributed by atoms with Crippen LogP contribution in [0.15, 0.2) is 29.2 Å². The van der Waals surface area contributed by atoms with Gasteiger partial charge in [-0.2, -0.15) is 0 Å². The molecule has 8 nitrogen and oxygen atoms in total. The van der Waals surface area contributed by atoms with Crippen LogP contribution in [0.25, 0.3) is 5.69 Å². The number of aromatic nitrogens is 3. The van der Waals surface area contributed by atoms with E-state index in [1.807, 2.05) is 0 Å². The second-order valence-electron chi connectivity index (χ2n) is 3.74. The molecular formula is C10H10N4O4S. The molecule has 2 rings (SSSR count). The van der Waals surface area contributed by atoms with E-state index in [-0.39, 0.29) is 10.7 Å². The summed E-state index contributed by atoms with van der Waals surface area (Å²) in [5.74, 6) is -1.18. The Kier molecular flexibility index (Phi) is 3.08. The Balaban J connectivity index is 2.46. The number of rotatable bonds is 3. The van der Waals surface area contributed by atoms with Crippen molar-refractivity contribution < 1.29 is 18.3 Å². The standard InChI is InChI=1S/C10H10N4O4S/c1-6-12-9(10(15)16)13-14(6)7-2-4-8(5-3-7)19(11,17)18/h2-5H,1H3,(H,15,16)(H2,11,17,18). The van der Waals surface area contributed by atoms with Crippen LogP contribution in [0.3, 0.4) is 0 Å². The lowest BCUT2D eigenvalue weighted by atomic mass is 10.3. The summed E-state index contributed by atoms with van der Waals surface area (Å²) in [5, 5.41) is 17.6. The van der Waals surface area contributed by atoms with Gasteiger partial charge in [-0.3, -0.25) is 0 Å². The predicted molar refractivity (Wildman–Crippen MR) is 64.4 cm³/mol. The first kappa shape index (κ1) is 13.2. The summed E-state index contributed by atoms with van der Waals surface area (Å²) in [7, 11) is -3.76. The second-order valence-corrected chi connectivity index (χ2v) is 5.30. The molecule has 0 aliphatic carbocycles. The molecule has 1 aromatic carbocycles. The Morgan fingerprint density at radius 3 is 2.32 bits per heavy atom. The van der Waals surface area contributed by atoms with Crippen LogP contribution >= 0.6 is 0 Å². The van der Waals surface area contributed by atoms with E-state index in [1.54, 1.807) is 6.92 Å². The van der Waals surface area contributed by atoms with Gasteiger partial charge in [0.05, 0.1) is 10.6 Å². The first-order chi connectivity index (χ1) is 8.79. The molecule has 100 valence electrons. The predicted octanol–water partition coefficient (Wildman–Crippen LogP) is -0.0787. The number of primary sulfonamides is 1. The minimum atomic E-state index is -3.76. The number of hydrogen-bond donors (Lipinski definition) is 2. The molecule has 3 N–H and O–H groups in total. The van der Waals surface area contributed by atoms with E-state index in [1.165, 1.54) is 28.9 Å². The molecule has 9 heteroatoms. The lowest BCUT2D eigenvalue weighted by Crippen LogP contribution is -2.12. The van der Waals surface area contributed by atoms with Crippen LogP contribution in [-0.2, 0) is 10.0 Å². The van der Waals surface area contributed by atoms with Crippen molar-refractivity contribution in [2.24, 2.45) is 5.14 Å². The molecule has 1 aromatic heterocycles. The zero-order valence-electron chi connectivity index (χ0n) is 9.81. The monoisotopic (exact) mass is 282 g/mol. The fourth-order valence-electron chi connectivity index (χ4n) is 1.50. The maximum absolute atomic E-state index is 11.1. The normalized spacial score (nSPS) is 11.5. The maximum Gasteiger partial charge on any atom is 0.375 e. The van der Waals surface area contributed by atoms with Crippen LogP contribution in [-0.4, -0.2) is 34.3 Å². The molecule has 19 heavy (non-hydrogen) atoms. The molecule has 1 heterocycles. The fraction of sp³-hybridized carbons (Fsp3) is 0.100. The Hall–Kier alpha value is -2.26. The number of carbonyl (C=O) groups is 1. The van der Waals surface area contributed by atoms with E-state index in [9.17, 15) is 13.2 Å². The van der Waals surface area contributed by atoms with Crippen LogP contribution in [0.5, 0.6) is 0 Å². The average molecular weight is 282 g/mol. The smallest absolute Gasteiger partial charge is 0.375 e. The van der Waals surface area contributed by atoms with Gasteiger partial charge in [-0.05, 0) is 31.2 Å². The largest absolute Gasteiger partial charge is 0.475 e. The van der Waals surface area contributed by atoms with Gasteiger partial charge in [-0.25, -0.2) is 28.0 Å². The van der Waals surface area contributed by atoms with Crippen LogP contribution < -0.4 is 5.14 Å². The first-order valence-corrected chi connectivity index (χ1v) is 6.64. The highest BCUT2D eigenvalue weighted by Crippen LogP contribution is 2.13. The van der Waals surface area contributed by atoms with Crippen molar-refractivity contribution in [1.29, 1.82) is 0 Å². The average Bonchev–Trinajstić information content (AvgIpc) is 2.70. The van der Waals surface area contributed by atoms with E-state index in [0.29, 0.717) is 11.5 Å². The summed E-state index contributed by atoms with van der Waals surface area (Å²) < 4.78 is 23.5. The molecule has 0 aliphatic rings. The van der Waals surface area contributed by atoms with E-state index in [4.69, 9.17) is 10.2 Å². The highest BCUT2D eigenvalue weighted by atomic mass is 32.2. The van der Waals surface area contributed by atoms with Crippen molar-refractivity contribution in [3.63, 3.8) is 0 Å². The molecule has 0 spiro atoms. The molecular weight excluding hydrogens is 272 g/mol. The van der Waals surface area contributed by atoms with Crippen LogP contribution in [0.1, 0.15) is 16.4 Å². The van der Waals surface area contributed by atoms with Gasteiger partial charge in [0.1, 0.15) is 5.82 Å². The number of aromatic carboxylic acids is 1. The zero-order valence-corrected chi connectivity index (χ0v) is 10.6. The van der Waals surface area contributed by atoms with Gasteiger partial charge in [-0.15, -0.1) is 5.10 Å². The molecule has 0 saturated carbocycles. The quantitative estimate of drug-likeness (QED) is 0.810. The van der Waals surface area contributed by atoms with Gasteiger partial charge >= 0.3 is 5.97 Å². The number of carboxylic acid groups (broad SMARTS) is 1. The fourth-order valence-corrected chi connectivity index (χ4v) is 2.02. The van der Waals surface area contributed by atoms with Gasteiger partial charge in [0.25, 0.3) is 5.82 Å². The first-order valence-electron chi connectivity index (χ1n) is 5.09. The molecule has 2 aromatic rings. The van der Waals surface area contributed by atoms with E-state index < -0.39 is 16.0 Å². The summed E-state index contributed by atoms with van der Waals surface area (Å²) in [4.78, 5) is 14.5. The number of nitrogens with two attached hydrogens (primary N) is 1. The van der Waals surface area contributed by atoms with Crippen LogP contribution in [0.2, 0.25) is 0 Å². The topological polar surface area (TPSA) is 128 Å². The van der Waals surface area contributed by atoms with Gasteiger partial charge in [0.2, 0.25) is 10.0 Å². The highest BCUT2D eigenvalue weighted by molar-refractivity contribution is 7.89. The van der Waals surface area contributed by atoms with Gasteiger partial charge < -0.3 is 5.11 Å². The Labute approximate surface area is 108 Å². The summed E-state index contributed by atoms with van der Waals surface area (Å²) in [6, 6.07) is 5.55. The molecule has 0 amide bonds. The van der Waals surface area contributed by atoms with Crippen molar-refractivity contribution in [1.82, 2.24) is 14.8 Å². The number of aryl methyl sites for hydroxylation is 1.